The molecule has 0 aliphatic rings. The molecule has 6 nitrogen and oxygen atoms in total. The van der Waals surface area contributed by atoms with Crippen molar-refractivity contribution in [3.05, 3.63) is 83.2 Å². The summed E-state index contributed by atoms with van der Waals surface area (Å²) in [6.07, 6.45) is 0.250. The maximum atomic E-state index is 12.8. The van der Waals surface area contributed by atoms with Gasteiger partial charge in [-0.3, -0.25) is 4.79 Å². The number of benzene rings is 2. The van der Waals surface area contributed by atoms with Crippen LogP contribution in [0.2, 0.25) is 0 Å². The van der Waals surface area contributed by atoms with E-state index < -0.39 is 16.1 Å². The molecule has 0 spiro atoms. The Kier molecular flexibility index (Phi) is 7.03. The van der Waals surface area contributed by atoms with Gasteiger partial charge in [0.2, 0.25) is 5.91 Å². The molecule has 1 atom stereocenters. The summed E-state index contributed by atoms with van der Waals surface area (Å²) >= 11 is 1.11. The van der Waals surface area contributed by atoms with Gasteiger partial charge in [-0.1, -0.05) is 48.5 Å². The first-order valence-electron chi connectivity index (χ1n) is 8.98. The number of amides is 1. The van der Waals surface area contributed by atoms with Crippen LogP contribution in [0.4, 0.5) is 0 Å². The number of carbonyl (C=O) groups excluding carboxylic acids is 1. The average Bonchev–Trinajstić information content (AvgIpc) is 3.28. The summed E-state index contributed by atoms with van der Waals surface area (Å²) in [5.74, 6) is 0.343. The van der Waals surface area contributed by atoms with Crippen molar-refractivity contribution < 1.29 is 17.9 Å². The predicted octanol–water partition coefficient (Wildman–Crippen LogP) is 2.96. The molecule has 0 saturated carbocycles. The van der Waals surface area contributed by atoms with E-state index in [1.165, 1.54) is 6.07 Å². The largest absolute Gasteiger partial charge is 0.497 e. The minimum Gasteiger partial charge on any atom is -0.497 e. The van der Waals surface area contributed by atoms with Gasteiger partial charge in [0.15, 0.2) is 0 Å². The predicted molar refractivity (Wildman–Crippen MR) is 113 cm³/mol. The number of hydrogen-bond donors (Lipinski definition) is 2. The molecule has 3 aromatic rings. The van der Waals surface area contributed by atoms with Gasteiger partial charge in [-0.05, 0) is 41.1 Å². The molecule has 0 bridgehead atoms. The zero-order valence-electron chi connectivity index (χ0n) is 15.9. The first-order chi connectivity index (χ1) is 14.0. The van der Waals surface area contributed by atoms with Gasteiger partial charge in [-0.25, -0.2) is 8.42 Å². The Bertz CT molecular complexity index is 1020. The third-order valence-corrected chi connectivity index (χ3v) is 7.15. The summed E-state index contributed by atoms with van der Waals surface area (Å²) in [5.41, 5.74) is 1.75. The summed E-state index contributed by atoms with van der Waals surface area (Å²) in [7, 11) is -2.19. The van der Waals surface area contributed by atoms with Crippen LogP contribution in [0.3, 0.4) is 0 Å². The van der Waals surface area contributed by atoms with Crippen LogP contribution in [0.1, 0.15) is 11.1 Å². The summed E-state index contributed by atoms with van der Waals surface area (Å²) in [5, 5.41) is 4.51. The van der Waals surface area contributed by atoms with Crippen molar-refractivity contribution in [3.8, 4) is 5.75 Å². The van der Waals surface area contributed by atoms with Gasteiger partial charge < -0.3 is 10.1 Å². The molecule has 0 aliphatic heterocycles. The Morgan fingerprint density at radius 3 is 2.34 bits per heavy atom. The highest BCUT2D eigenvalue weighted by Gasteiger charge is 2.26. The number of rotatable bonds is 9. The molecule has 2 aromatic carbocycles. The number of carbonyl (C=O) groups is 1. The Labute approximate surface area is 174 Å². The molecule has 0 fully saturated rings. The fraction of sp³-hybridized carbons (Fsp3) is 0.190. The minimum absolute atomic E-state index is 0.179. The molecule has 1 unspecified atom stereocenters. The molecule has 8 heteroatoms. The number of thiophene rings is 1. The highest BCUT2D eigenvalue weighted by atomic mass is 32.2. The van der Waals surface area contributed by atoms with E-state index in [4.69, 9.17) is 4.74 Å². The first-order valence-corrected chi connectivity index (χ1v) is 11.3. The highest BCUT2D eigenvalue weighted by molar-refractivity contribution is 7.91. The third-order valence-electron chi connectivity index (χ3n) is 4.28. The van der Waals surface area contributed by atoms with E-state index in [2.05, 4.69) is 10.0 Å². The van der Waals surface area contributed by atoms with Gasteiger partial charge in [-0.15, -0.1) is 11.3 Å². The lowest BCUT2D eigenvalue weighted by Crippen LogP contribution is -2.47. The molecule has 3 rings (SSSR count). The van der Waals surface area contributed by atoms with Gasteiger partial charge in [-0.2, -0.15) is 4.72 Å². The molecule has 29 heavy (non-hydrogen) atoms. The zero-order chi connectivity index (χ0) is 20.7. The lowest BCUT2D eigenvalue weighted by atomic mass is 10.1. The van der Waals surface area contributed by atoms with Gasteiger partial charge in [0.1, 0.15) is 16.0 Å². The number of nitrogens with one attached hydrogen (secondary N) is 2. The van der Waals surface area contributed by atoms with E-state index >= 15 is 0 Å². The van der Waals surface area contributed by atoms with Crippen molar-refractivity contribution in [1.82, 2.24) is 10.0 Å². The molecule has 152 valence electrons. The Morgan fingerprint density at radius 2 is 1.72 bits per heavy atom. The normalized spacial score (nSPS) is 12.3. The number of ether oxygens (including phenoxy) is 1. The third kappa shape index (κ3) is 5.90. The molecule has 1 aromatic heterocycles. The smallest absolute Gasteiger partial charge is 0.250 e. The quantitative estimate of drug-likeness (QED) is 0.547. The van der Waals surface area contributed by atoms with Gasteiger partial charge in [0.25, 0.3) is 10.0 Å². The van der Waals surface area contributed by atoms with E-state index in [0.717, 1.165) is 28.2 Å². The fourth-order valence-corrected chi connectivity index (χ4v) is 4.96. The van der Waals surface area contributed by atoms with E-state index in [9.17, 15) is 13.2 Å². The number of sulfonamides is 1. The summed E-state index contributed by atoms with van der Waals surface area (Å²) in [4.78, 5) is 12.8. The van der Waals surface area contributed by atoms with Crippen LogP contribution in [-0.2, 0) is 27.8 Å². The van der Waals surface area contributed by atoms with Gasteiger partial charge >= 0.3 is 0 Å². The van der Waals surface area contributed by atoms with Crippen molar-refractivity contribution in [3.63, 3.8) is 0 Å². The van der Waals surface area contributed by atoms with Crippen LogP contribution in [0.5, 0.6) is 5.75 Å². The SMILES string of the molecule is COc1ccc(CNC(=O)C(Cc2ccccc2)NS(=O)(=O)c2cccs2)cc1. The molecule has 1 heterocycles. The lowest BCUT2D eigenvalue weighted by molar-refractivity contribution is -0.122. The molecule has 0 radical (unpaired) electrons. The van der Waals surface area contributed by atoms with Crippen LogP contribution < -0.4 is 14.8 Å². The molecular formula is C21H22N2O4S2. The van der Waals surface area contributed by atoms with Crippen LogP contribution >= 0.6 is 11.3 Å². The van der Waals surface area contributed by atoms with E-state index in [1.807, 2.05) is 54.6 Å². The van der Waals surface area contributed by atoms with Crippen LogP contribution in [0.15, 0.2) is 76.3 Å². The summed E-state index contributed by atoms with van der Waals surface area (Å²) in [6.45, 7) is 0.287. The van der Waals surface area contributed by atoms with E-state index in [1.54, 1.807) is 18.6 Å². The second-order valence-electron chi connectivity index (χ2n) is 6.36. The molecular weight excluding hydrogens is 408 g/mol. The van der Waals surface area contributed by atoms with Crippen molar-refractivity contribution in [2.24, 2.45) is 0 Å². The summed E-state index contributed by atoms with van der Waals surface area (Å²) in [6, 6.07) is 18.9. The Balaban J connectivity index is 1.73. The Morgan fingerprint density at radius 1 is 1.00 bits per heavy atom. The topological polar surface area (TPSA) is 84.5 Å². The van der Waals surface area contributed by atoms with Crippen LogP contribution in [-0.4, -0.2) is 27.5 Å². The van der Waals surface area contributed by atoms with E-state index in [-0.39, 0.29) is 23.1 Å². The Hall–Kier alpha value is -2.68. The molecule has 1 amide bonds. The maximum Gasteiger partial charge on any atom is 0.250 e. The molecule has 0 saturated heterocycles. The number of methoxy groups -OCH3 is 1. The zero-order valence-corrected chi connectivity index (χ0v) is 17.5. The molecule has 2 N–H and O–H groups in total. The van der Waals surface area contributed by atoms with Crippen LogP contribution in [0, 0.1) is 0 Å². The second kappa shape index (κ2) is 9.69. The van der Waals surface area contributed by atoms with Crippen molar-refractivity contribution in [1.29, 1.82) is 0 Å². The fourth-order valence-electron chi connectivity index (χ4n) is 2.76. The second-order valence-corrected chi connectivity index (χ2v) is 9.25. The molecule has 0 aliphatic carbocycles. The monoisotopic (exact) mass is 430 g/mol. The minimum atomic E-state index is -3.78. The van der Waals surface area contributed by atoms with Gasteiger partial charge in [0, 0.05) is 6.54 Å². The highest BCUT2D eigenvalue weighted by Crippen LogP contribution is 2.17. The lowest BCUT2D eigenvalue weighted by Gasteiger charge is -2.18. The van der Waals surface area contributed by atoms with E-state index in [0.29, 0.717) is 0 Å². The maximum absolute atomic E-state index is 12.8. The van der Waals surface area contributed by atoms with Crippen molar-refractivity contribution in [2.45, 2.75) is 23.2 Å². The van der Waals surface area contributed by atoms with Crippen LogP contribution in [0.25, 0.3) is 0 Å². The number of hydrogen-bond acceptors (Lipinski definition) is 5. The van der Waals surface area contributed by atoms with Gasteiger partial charge in [0.05, 0.1) is 7.11 Å². The standard InChI is InChI=1S/C21H22N2O4S2/c1-27-18-11-9-17(10-12-18)15-22-21(24)19(14-16-6-3-2-4-7-16)23-29(25,26)20-8-5-13-28-20/h2-13,19,23H,14-15H2,1H3,(H,22,24). The summed E-state index contributed by atoms with van der Waals surface area (Å²) < 4.78 is 33.2. The van der Waals surface area contributed by atoms with Crippen molar-refractivity contribution in [2.75, 3.05) is 7.11 Å². The average molecular weight is 431 g/mol. The first kappa shape index (κ1) is 21.0. The van der Waals surface area contributed by atoms with Crippen molar-refractivity contribution >= 4 is 27.3 Å².